The number of piperidine rings is 2. The number of rotatable bonds is 4. The van der Waals surface area contributed by atoms with Crippen molar-refractivity contribution in [2.24, 2.45) is 5.92 Å². The van der Waals surface area contributed by atoms with Crippen molar-refractivity contribution in [3.63, 3.8) is 0 Å². The highest BCUT2D eigenvalue weighted by Crippen LogP contribution is 2.63. The number of alkyl halides is 2. The van der Waals surface area contributed by atoms with Gasteiger partial charge in [-0.05, 0) is 56.2 Å². The highest BCUT2D eigenvalue weighted by atomic mass is 19.3. The van der Waals surface area contributed by atoms with Gasteiger partial charge in [-0.1, -0.05) is 6.07 Å². The molecule has 0 radical (unpaired) electrons. The first kappa shape index (κ1) is 23.2. The SMILES string of the molecule is O=C(CN1CCC(F)(F)CC1)N1CC[C@@]2(O)[C@H]3Cc4ccc(O)c5c4[C@@]2(CCN3CC2CC2)[C@H](C1)O5. The predicted molar refractivity (Wildman–Crippen MR) is 127 cm³/mol. The molecule has 2 aliphatic carbocycles. The average Bonchev–Trinajstić information content (AvgIpc) is 3.60. The van der Waals surface area contributed by atoms with Crippen LogP contribution in [0.4, 0.5) is 8.78 Å². The Morgan fingerprint density at radius 2 is 1.86 bits per heavy atom. The van der Waals surface area contributed by atoms with Crippen LogP contribution in [0.5, 0.6) is 11.5 Å². The second-order valence-corrected chi connectivity index (χ2v) is 12.1. The van der Waals surface area contributed by atoms with E-state index < -0.39 is 23.0 Å². The van der Waals surface area contributed by atoms with E-state index in [1.165, 1.54) is 12.8 Å². The van der Waals surface area contributed by atoms with Crippen molar-refractivity contribution in [1.82, 2.24) is 14.7 Å². The van der Waals surface area contributed by atoms with Gasteiger partial charge in [-0.3, -0.25) is 14.6 Å². The smallest absolute Gasteiger partial charge is 0.250 e. The summed E-state index contributed by atoms with van der Waals surface area (Å²) >= 11 is 0. The first-order valence-corrected chi connectivity index (χ1v) is 13.6. The fourth-order valence-electron chi connectivity index (χ4n) is 7.96. The van der Waals surface area contributed by atoms with E-state index in [2.05, 4.69) is 4.90 Å². The molecule has 6 aliphatic rings. The molecule has 36 heavy (non-hydrogen) atoms. The molecule has 4 atom stereocenters. The molecule has 1 aromatic rings. The number of amides is 1. The van der Waals surface area contributed by atoms with Crippen LogP contribution >= 0.6 is 0 Å². The molecule has 9 heteroatoms. The first-order chi connectivity index (χ1) is 17.2. The van der Waals surface area contributed by atoms with Crippen LogP contribution in [-0.2, 0) is 16.6 Å². The molecular weight excluding hydrogens is 468 g/mol. The van der Waals surface area contributed by atoms with Gasteiger partial charge in [-0.25, -0.2) is 8.78 Å². The standard InChI is InChI=1S/C27H35F2N3O4/c28-25(29)5-9-30(10-6-25)16-22(34)32-12-8-27(35)20-13-18-3-4-19(33)24-23(18)26(27,21(15-32)36-24)7-11-31(20)14-17-1-2-17/h3-4,17,20-21,33,35H,1-2,5-16H2/t20-,21+,26-,27-/m1/s1. The summed E-state index contributed by atoms with van der Waals surface area (Å²) in [5.74, 6) is -1.49. The number of hydrogen-bond donors (Lipinski definition) is 2. The van der Waals surface area contributed by atoms with E-state index in [0.29, 0.717) is 37.6 Å². The van der Waals surface area contributed by atoms with Crippen molar-refractivity contribution in [3.05, 3.63) is 23.3 Å². The van der Waals surface area contributed by atoms with Crippen LogP contribution in [0, 0.1) is 5.92 Å². The molecule has 196 valence electrons. The van der Waals surface area contributed by atoms with Gasteiger partial charge >= 0.3 is 0 Å². The normalized spacial score (nSPS) is 37.2. The maximum absolute atomic E-state index is 13.6. The van der Waals surface area contributed by atoms with Crippen LogP contribution in [0.3, 0.4) is 0 Å². The van der Waals surface area contributed by atoms with Gasteiger partial charge in [-0.2, -0.15) is 0 Å². The number of phenolic OH excluding ortho intramolecular Hbond substituents is 1. The Kier molecular flexibility index (Phi) is 5.00. The van der Waals surface area contributed by atoms with Crippen molar-refractivity contribution in [2.45, 2.75) is 74.0 Å². The van der Waals surface area contributed by atoms with Crippen molar-refractivity contribution in [1.29, 1.82) is 0 Å². The first-order valence-electron chi connectivity index (χ1n) is 13.6. The molecule has 0 unspecified atom stereocenters. The molecule has 2 bridgehead atoms. The summed E-state index contributed by atoms with van der Waals surface area (Å²) in [6.07, 6.45) is 3.49. The minimum Gasteiger partial charge on any atom is -0.504 e. The predicted octanol–water partition coefficient (Wildman–Crippen LogP) is 2.13. The average molecular weight is 504 g/mol. The highest BCUT2D eigenvalue weighted by molar-refractivity contribution is 5.78. The summed E-state index contributed by atoms with van der Waals surface area (Å²) in [6.45, 7) is 3.13. The number of carbonyl (C=O) groups excluding carboxylic acids is 1. The molecule has 7 nitrogen and oxygen atoms in total. The Balaban J connectivity index is 1.21. The Hall–Kier alpha value is -1.97. The number of aromatic hydroxyl groups is 1. The lowest BCUT2D eigenvalue weighted by Gasteiger charge is -2.60. The Bertz CT molecular complexity index is 1090. The van der Waals surface area contributed by atoms with Gasteiger partial charge in [0.05, 0.1) is 24.1 Å². The maximum atomic E-state index is 13.6. The number of carbonyl (C=O) groups is 1. The zero-order valence-corrected chi connectivity index (χ0v) is 20.6. The summed E-state index contributed by atoms with van der Waals surface area (Å²) in [5.41, 5.74) is 0.347. The lowest BCUT2D eigenvalue weighted by atomic mass is 9.52. The van der Waals surface area contributed by atoms with Gasteiger partial charge in [-0.15, -0.1) is 0 Å². The summed E-state index contributed by atoms with van der Waals surface area (Å²) in [5, 5.41) is 23.3. The molecule has 4 heterocycles. The molecule has 2 N–H and O–H groups in total. The maximum Gasteiger partial charge on any atom is 0.250 e. The molecular formula is C27H35F2N3O4. The number of likely N-dealkylation sites (tertiary alicyclic amines) is 3. The van der Waals surface area contributed by atoms with Crippen LogP contribution in [-0.4, -0.2) is 100 Å². The van der Waals surface area contributed by atoms with Gasteiger partial charge in [0.15, 0.2) is 11.5 Å². The van der Waals surface area contributed by atoms with Gasteiger partial charge < -0.3 is 19.8 Å². The van der Waals surface area contributed by atoms with Crippen LogP contribution in [0.15, 0.2) is 12.1 Å². The van der Waals surface area contributed by atoms with Gasteiger partial charge in [0.25, 0.3) is 5.92 Å². The molecule has 4 aliphatic heterocycles. The zero-order valence-electron chi connectivity index (χ0n) is 20.6. The third-order valence-corrected chi connectivity index (χ3v) is 10.1. The molecule has 7 rings (SSSR count). The zero-order chi connectivity index (χ0) is 24.9. The second kappa shape index (κ2) is 7.77. The van der Waals surface area contributed by atoms with E-state index >= 15 is 0 Å². The van der Waals surface area contributed by atoms with E-state index in [1.807, 2.05) is 11.0 Å². The van der Waals surface area contributed by atoms with E-state index in [9.17, 15) is 23.8 Å². The lowest BCUT2D eigenvalue weighted by molar-refractivity contribution is -0.162. The molecule has 1 spiro atoms. The number of hydrogen-bond acceptors (Lipinski definition) is 6. The van der Waals surface area contributed by atoms with E-state index in [1.54, 1.807) is 11.0 Å². The molecule has 1 aromatic carbocycles. The fourth-order valence-corrected chi connectivity index (χ4v) is 7.96. The number of aliphatic hydroxyl groups is 1. The number of halogens is 2. The van der Waals surface area contributed by atoms with Crippen LogP contribution < -0.4 is 4.74 Å². The van der Waals surface area contributed by atoms with Gasteiger partial charge in [0, 0.05) is 50.6 Å². The molecule has 0 aromatic heterocycles. The molecule has 1 amide bonds. The van der Waals surface area contributed by atoms with Gasteiger partial charge in [0.1, 0.15) is 6.10 Å². The summed E-state index contributed by atoms with van der Waals surface area (Å²) in [4.78, 5) is 19.5. The third kappa shape index (κ3) is 3.28. The summed E-state index contributed by atoms with van der Waals surface area (Å²) in [7, 11) is 0. The van der Waals surface area contributed by atoms with E-state index in [-0.39, 0.29) is 50.2 Å². The van der Waals surface area contributed by atoms with Crippen molar-refractivity contribution < 1.29 is 28.5 Å². The number of nitrogens with zero attached hydrogens (tertiary/aromatic N) is 3. The largest absolute Gasteiger partial charge is 0.504 e. The monoisotopic (exact) mass is 503 g/mol. The topological polar surface area (TPSA) is 76.5 Å². The van der Waals surface area contributed by atoms with E-state index in [4.69, 9.17) is 4.74 Å². The number of benzene rings is 1. The van der Waals surface area contributed by atoms with Crippen molar-refractivity contribution in [2.75, 3.05) is 45.8 Å². The number of ether oxygens (including phenoxy) is 1. The van der Waals surface area contributed by atoms with Crippen molar-refractivity contribution >= 4 is 5.91 Å². The third-order valence-electron chi connectivity index (χ3n) is 10.1. The lowest BCUT2D eigenvalue weighted by Crippen LogP contribution is -2.74. The molecule has 1 saturated carbocycles. The molecule has 4 fully saturated rings. The second-order valence-electron chi connectivity index (χ2n) is 12.1. The Labute approximate surface area is 210 Å². The summed E-state index contributed by atoms with van der Waals surface area (Å²) in [6, 6.07) is 3.62. The quantitative estimate of drug-likeness (QED) is 0.656. The Morgan fingerprint density at radius 3 is 2.61 bits per heavy atom. The van der Waals surface area contributed by atoms with Gasteiger partial charge in [0.2, 0.25) is 5.91 Å². The van der Waals surface area contributed by atoms with Crippen LogP contribution in [0.2, 0.25) is 0 Å². The van der Waals surface area contributed by atoms with Crippen LogP contribution in [0.1, 0.15) is 49.7 Å². The summed E-state index contributed by atoms with van der Waals surface area (Å²) < 4.78 is 33.7. The minimum absolute atomic E-state index is 0.0553. The number of phenols is 1. The minimum atomic E-state index is -2.65. The van der Waals surface area contributed by atoms with Crippen LogP contribution in [0.25, 0.3) is 0 Å². The highest BCUT2D eigenvalue weighted by Gasteiger charge is 2.71. The van der Waals surface area contributed by atoms with Crippen molar-refractivity contribution in [3.8, 4) is 11.5 Å². The van der Waals surface area contributed by atoms with E-state index in [0.717, 1.165) is 30.6 Å². The molecule has 3 saturated heterocycles. The fraction of sp³-hybridized carbons (Fsp3) is 0.741. The Morgan fingerprint density at radius 1 is 1.08 bits per heavy atom.